The van der Waals surface area contributed by atoms with E-state index in [4.69, 9.17) is 4.42 Å². The third-order valence-electron chi connectivity index (χ3n) is 5.37. The molecular formula is C24H19F4N3O4S. The van der Waals surface area contributed by atoms with Crippen molar-refractivity contribution in [1.29, 1.82) is 0 Å². The molecule has 0 saturated carbocycles. The molecule has 0 unspecified atom stereocenters. The van der Waals surface area contributed by atoms with E-state index in [1.165, 1.54) is 31.3 Å². The third-order valence-corrected chi connectivity index (χ3v) is 6.76. The van der Waals surface area contributed by atoms with Crippen LogP contribution in [-0.4, -0.2) is 30.2 Å². The second kappa shape index (κ2) is 9.78. The number of rotatable bonds is 8. The summed E-state index contributed by atoms with van der Waals surface area (Å²) in [4.78, 5) is 20.2. The Bertz CT molecular complexity index is 1520. The lowest BCUT2D eigenvalue weighted by Gasteiger charge is -2.12. The quantitative estimate of drug-likeness (QED) is 0.331. The molecule has 36 heavy (non-hydrogen) atoms. The van der Waals surface area contributed by atoms with Crippen molar-refractivity contribution in [2.45, 2.75) is 37.1 Å². The van der Waals surface area contributed by atoms with Crippen LogP contribution in [0.25, 0.3) is 22.1 Å². The van der Waals surface area contributed by atoms with Crippen LogP contribution in [0.3, 0.4) is 0 Å². The molecule has 188 valence electrons. The minimum absolute atomic E-state index is 0.0449. The number of furan rings is 1. The first-order valence-electron chi connectivity index (χ1n) is 10.6. The van der Waals surface area contributed by atoms with Crippen molar-refractivity contribution < 1.29 is 35.2 Å². The number of nitrogens with zero attached hydrogens (tertiary/aromatic N) is 2. The fourth-order valence-corrected chi connectivity index (χ4v) is 4.67. The summed E-state index contributed by atoms with van der Waals surface area (Å²) < 4.78 is 84.3. The molecule has 0 aliphatic rings. The van der Waals surface area contributed by atoms with E-state index in [2.05, 4.69) is 14.7 Å². The average molecular weight is 521 g/mol. The molecule has 0 saturated heterocycles. The van der Waals surface area contributed by atoms with E-state index in [1.54, 1.807) is 12.1 Å². The van der Waals surface area contributed by atoms with Gasteiger partial charge in [0.1, 0.15) is 17.1 Å². The highest BCUT2D eigenvalue weighted by Gasteiger charge is 2.32. The van der Waals surface area contributed by atoms with Gasteiger partial charge in [0, 0.05) is 41.5 Å². The van der Waals surface area contributed by atoms with E-state index < -0.39 is 44.6 Å². The minimum atomic E-state index is -4.54. The molecule has 0 spiro atoms. The van der Waals surface area contributed by atoms with Crippen molar-refractivity contribution >= 4 is 26.8 Å². The van der Waals surface area contributed by atoms with Gasteiger partial charge in [-0.25, -0.2) is 12.8 Å². The fourth-order valence-electron chi connectivity index (χ4n) is 3.47. The van der Waals surface area contributed by atoms with Gasteiger partial charge in [0.2, 0.25) is 5.09 Å². The first-order valence-corrected chi connectivity index (χ1v) is 12.1. The van der Waals surface area contributed by atoms with Crippen LogP contribution in [0.2, 0.25) is 0 Å². The zero-order valence-electron chi connectivity index (χ0n) is 18.7. The summed E-state index contributed by atoms with van der Waals surface area (Å²) in [6.45, 7) is 1.39. The van der Waals surface area contributed by atoms with Gasteiger partial charge in [-0.05, 0) is 55.3 Å². The first kappa shape index (κ1) is 25.5. The molecule has 0 amide bonds. The van der Waals surface area contributed by atoms with Crippen LogP contribution in [0.15, 0.2) is 70.4 Å². The summed E-state index contributed by atoms with van der Waals surface area (Å²) >= 11 is 0. The monoisotopic (exact) mass is 521 g/mol. The number of carbonyl (C=O) groups is 1. The number of sulfonamides is 1. The maximum atomic E-state index is 13.4. The molecule has 0 aliphatic carbocycles. The van der Waals surface area contributed by atoms with Crippen LogP contribution in [0, 0.1) is 5.82 Å². The number of carbonyl (C=O) groups excluding carboxylic acids is 1. The summed E-state index contributed by atoms with van der Waals surface area (Å²) in [7, 11) is -4.18. The lowest BCUT2D eigenvalue weighted by molar-refractivity contribution is -0.141. The van der Waals surface area contributed by atoms with Gasteiger partial charge in [-0.3, -0.25) is 14.8 Å². The third kappa shape index (κ3) is 5.77. The predicted molar refractivity (Wildman–Crippen MR) is 122 cm³/mol. The van der Waals surface area contributed by atoms with E-state index >= 15 is 0 Å². The van der Waals surface area contributed by atoms with Crippen molar-refractivity contribution in [3.8, 4) is 11.1 Å². The lowest BCUT2D eigenvalue weighted by Crippen LogP contribution is -2.38. The fraction of sp³-hybridized carbons (Fsp3) is 0.208. The molecule has 3 aromatic heterocycles. The molecule has 0 aliphatic heterocycles. The molecule has 4 aromatic rings. The van der Waals surface area contributed by atoms with E-state index in [9.17, 15) is 30.8 Å². The molecule has 3 heterocycles. The molecule has 12 heteroatoms. The molecule has 4 rings (SSSR count). The zero-order valence-corrected chi connectivity index (χ0v) is 19.5. The van der Waals surface area contributed by atoms with Crippen molar-refractivity contribution in [1.82, 2.24) is 14.7 Å². The van der Waals surface area contributed by atoms with Gasteiger partial charge >= 0.3 is 6.18 Å². The molecule has 7 nitrogen and oxygen atoms in total. The number of Topliss-reactive ketones (excluding diaryl/α,β-unsaturated/α-hetero) is 1. The first-order chi connectivity index (χ1) is 16.9. The van der Waals surface area contributed by atoms with Gasteiger partial charge in [-0.15, -0.1) is 0 Å². The van der Waals surface area contributed by atoms with Crippen LogP contribution >= 0.6 is 0 Å². The summed E-state index contributed by atoms with van der Waals surface area (Å²) in [6, 6.07) is 9.07. The van der Waals surface area contributed by atoms with Crippen LogP contribution in [0.5, 0.6) is 0 Å². The van der Waals surface area contributed by atoms with Crippen molar-refractivity contribution in [2.75, 3.05) is 0 Å². The zero-order chi connectivity index (χ0) is 26.1. The van der Waals surface area contributed by atoms with Crippen LogP contribution in [0.4, 0.5) is 17.6 Å². The standard InChI is InChI=1S/C24H19F4N3O4S/c1-14(31-36(33,34)23-12-17-10-18(25)3-6-21(17)35-23)20(32)5-4-19-11-15(8-9-29-19)16-2-7-22(30-13-16)24(26,27)28/h2-3,6-14,31H,4-5H2,1H3/t14-/m0/s1. The Balaban J connectivity index is 1.39. The van der Waals surface area contributed by atoms with E-state index in [-0.39, 0.29) is 23.8 Å². The number of pyridine rings is 2. The maximum Gasteiger partial charge on any atom is 0.433 e. The molecule has 1 N–H and O–H groups in total. The number of hydrogen-bond acceptors (Lipinski definition) is 6. The Hall–Kier alpha value is -3.64. The molecule has 0 bridgehead atoms. The normalized spacial score (nSPS) is 13.1. The summed E-state index contributed by atoms with van der Waals surface area (Å²) in [6.07, 6.45) is -1.84. The van der Waals surface area contributed by atoms with Gasteiger partial charge in [-0.1, -0.05) is 6.07 Å². The molecule has 0 radical (unpaired) electrons. The second-order valence-electron chi connectivity index (χ2n) is 8.02. The smallest absolute Gasteiger partial charge is 0.433 e. The minimum Gasteiger partial charge on any atom is -0.443 e. The maximum absolute atomic E-state index is 13.4. The summed E-state index contributed by atoms with van der Waals surface area (Å²) in [5.41, 5.74) is 0.700. The van der Waals surface area contributed by atoms with Gasteiger partial charge in [0.05, 0.1) is 6.04 Å². The van der Waals surface area contributed by atoms with Crippen molar-refractivity contribution in [2.24, 2.45) is 0 Å². The highest BCUT2D eigenvalue weighted by atomic mass is 32.2. The highest BCUT2D eigenvalue weighted by Crippen LogP contribution is 2.29. The molecular weight excluding hydrogens is 502 g/mol. The number of hydrogen-bond donors (Lipinski definition) is 1. The van der Waals surface area contributed by atoms with Crippen LogP contribution < -0.4 is 4.72 Å². The van der Waals surface area contributed by atoms with Crippen molar-refractivity contribution in [3.05, 3.63) is 78.1 Å². The van der Waals surface area contributed by atoms with E-state index in [0.29, 0.717) is 16.8 Å². The van der Waals surface area contributed by atoms with E-state index in [0.717, 1.165) is 24.4 Å². The largest absolute Gasteiger partial charge is 0.443 e. The molecule has 1 aromatic carbocycles. The Labute approximate surface area is 203 Å². The highest BCUT2D eigenvalue weighted by molar-refractivity contribution is 7.89. The van der Waals surface area contributed by atoms with Gasteiger partial charge < -0.3 is 4.42 Å². The van der Waals surface area contributed by atoms with Gasteiger partial charge in [0.15, 0.2) is 5.78 Å². The summed E-state index contributed by atoms with van der Waals surface area (Å²) in [5.74, 6) is -0.958. The number of halogens is 4. The number of aryl methyl sites for hydroxylation is 1. The van der Waals surface area contributed by atoms with E-state index in [1.807, 2.05) is 0 Å². The lowest BCUT2D eigenvalue weighted by atomic mass is 10.0. The SMILES string of the molecule is C[C@H](NS(=O)(=O)c1cc2cc(F)ccc2o1)C(=O)CCc1cc(-c2ccc(C(F)(F)F)nc2)ccn1. The topological polar surface area (TPSA) is 102 Å². The molecule has 0 fully saturated rings. The summed E-state index contributed by atoms with van der Waals surface area (Å²) in [5, 5.41) is -0.175. The number of benzene rings is 1. The van der Waals surface area contributed by atoms with Crippen LogP contribution in [-0.2, 0) is 27.4 Å². The number of alkyl halides is 3. The Kier molecular flexibility index (Phi) is 6.92. The number of nitrogens with one attached hydrogen (secondary N) is 1. The Morgan fingerprint density at radius 2 is 1.83 bits per heavy atom. The Morgan fingerprint density at radius 1 is 1.06 bits per heavy atom. The second-order valence-corrected chi connectivity index (χ2v) is 9.67. The Morgan fingerprint density at radius 3 is 2.53 bits per heavy atom. The molecule has 1 atom stereocenters. The average Bonchev–Trinajstić information content (AvgIpc) is 3.26. The van der Waals surface area contributed by atoms with Gasteiger partial charge in [-0.2, -0.15) is 17.9 Å². The number of fused-ring (bicyclic) bond motifs is 1. The number of aromatic nitrogens is 2. The number of ketones is 1. The van der Waals surface area contributed by atoms with Crippen molar-refractivity contribution in [3.63, 3.8) is 0 Å². The predicted octanol–water partition coefficient (Wildman–Crippen LogP) is 4.92. The van der Waals surface area contributed by atoms with Crippen LogP contribution in [0.1, 0.15) is 24.7 Å². The van der Waals surface area contributed by atoms with Gasteiger partial charge in [0.25, 0.3) is 10.0 Å².